The van der Waals surface area contributed by atoms with Crippen molar-refractivity contribution in [2.45, 2.75) is 17.9 Å². The van der Waals surface area contributed by atoms with Crippen molar-refractivity contribution in [1.82, 2.24) is 0 Å². The van der Waals surface area contributed by atoms with Gasteiger partial charge < -0.3 is 4.90 Å². The lowest BCUT2D eigenvalue weighted by Crippen LogP contribution is -2.26. The van der Waals surface area contributed by atoms with Crippen molar-refractivity contribution in [2.75, 3.05) is 18.2 Å². The number of hydrogen-bond acceptors (Lipinski definition) is 4. The summed E-state index contributed by atoms with van der Waals surface area (Å²) in [7, 11) is -1.36. The molecule has 0 aromatic heterocycles. The van der Waals surface area contributed by atoms with E-state index in [-0.39, 0.29) is 10.9 Å². The van der Waals surface area contributed by atoms with Crippen LogP contribution in [0.15, 0.2) is 29.2 Å². The molecular weight excluding hydrogens is 224 g/mol. The Hall–Kier alpha value is -1.54. The van der Waals surface area contributed by atoms with Gasteiger partial charge in [-0.15, -0.1) is 0 Å². The maximum atomic E-state index is 11.2. The normalized spacial score (nSPS) is 12.9. The molecule has 5 heteroatoms. The summed E-state index contributed by atoms with van der Waals surface area (Å²) >= 11 is 0. The average Bonchev–Trinajstić information content (AvgIpc) is 2.26. The monoisotopic (exact) mass is 238 g/mol. The fraction of sp³-hybridized carbons (Fsp3) is 0.364. The highest BCUT2D eigenvalue weighted by Crippen LogP contribution is 2.18. The predicted molar refractivity (Wildman–Crippen MR) is 63.0 cm³/mol. The molecule has 0 aliphatic rings. The highest BCUT2D eigenvalue weighted by Gasteiger charge is 2.10. The molecule has 4 nitrogen and oxygen atoms in total. The van der Waals surface area contributed by atoms with Crippen molar-refractivity contribution in [3.63, 3.8) is 0 Å². The fourth-order valence-electron chi connectivity index (χ4n) is 1.24. The molecule has 1 atom stereocenters. The summed E-state index contributed by atoms with van der Waals surface area (Å²) in [6, 6.07) is 8.36. The highest BCUT2D eigenvalue weighted by atomic mass is 32.2. The molecule has 0 N–H and O–H groups in total. The van der Waals surface area contributed by atoms with E-state index in [0.29, 0.717) is 0 Å². The lowest BCUT2D eigenvalue weighted by Gasteiger charge is -2.21. The van der Waals surface area contributed by atoms with Gasteiger partial charge in [-0.2, -0.15) is 5.26 Å². The summed E-state index contributed by atoms with van der Waals surface area (Å²) in [4.78, 5) is 2.07. The van der Waals surface area contributed by atoms with Crippen LogP contribution in [0.5, 0.6) is 0 Å². The van der Waals surface area contributed by atoms with Gasteiger partial charge in [0.15, 0.2) is 9.84 Å². The Morgan fingerprint density at radius 2 is 1.81 bits per heavy atom. The van der Waals surface area contributed by atoms with Crippen LogP contribution in [0, 0.1) is 11.3 Å². The molecule has 0 spiro atoms. The first-order valence-corrected chi connectivity index (χ1v) is 6.68. The zero-order valence-electron chi connectivity index (χ0n) is 9.51. The summed E-state index contributed by atoms with van der Waals surface area (Å²) < 4.78 is 22.5. The van der Waals surface area contributed by atoms with Crippen LogP contribution in [0.2, 0.25) is 0 Å². The molecule has 16 heavy (non-hydrogen) atoms. The Kier molecular flexibility index (Phi) is 3.55. The predicted octanol–water partition coefficient (Wildman–Crippen LogP) is 1.44. The molecule has 0 amide bonds. The van der Waals surface area contributed by atoms with E-state index in [1.165, 1.54) is 6.26 Å². The van der Waals surface area contributed by atoms with Gasteiger partial charge in [0.1, 0.15) is 6.04 Å². The van der Waals surface area contributed by atoms with Crippen LogP contribution in [0.3, 0.4) is 0 Å². The third kappa shape index (κ3) is 2.74. The van der Waals surface area contributed by atoms with Gasteiger partial charge in [-0.3, -0.25) is 0 Å². The first kappa shape index (κ1) is 12.5. The Morgan fingerprint density at radius 3 is 2.19 bits per heavy atom. The van der Waals surface area contributed by atoms with Gasteiger partial charge in [0, 0.05) is 19.0 Å². The van der Waals surface area contributed by atoms with Crippen LogP contribution in [-0.4, -0.2) is 27.8 Å². The molecule has 1 aromatic carbocycles. The van der Waals surface area contributed by atoms with Crippen LogP contribution in [0.25, 0.3) is 0 Å². The number of nitrogens with zero attached hydrogens (tertiary/aromatic N) is 2. The molecule has 0 aliphatic carbocycles. The van der Waals surface area contributed by atoms with Crippen LogP contribution in [0.1, 0.15) is 6.92 Å². The van der Waals surface area contributed by atoms with Crippen LogP contribution >= 0.6 is 0 Å². The van der Waals surface area contributed by atoms with Crippen molar-refractivity contribution in [3.8, 4) is 6.07 Å². The minimum atomic E-state index is -3.15. The Morgan fingerprint density at radius 1 is 1.31 bits per heavy atom. The van der Waals surface area contributed by atoms with E-state index >= 15 is 0 Å². The van der Waals surface area contributed by atoms with Gasteiger partial charge in [0.25, 0.3) is 0 Å². The van der Waals surface area contributed by atoms with Crippen molar-refractivity contribution in [2.24, 2.45) is 0 Å². The lowest BCUT2D eigenvalue weighted by molar-refractivity contribution is 0.602. The van der Waals surface area contributed by atoms with E-state index < -0.39 is 9.84 Å². The first-order chi connectivity index (χ1) is 7.36. The Balaban J connectivity index is 3.01. The zero-order chi connectivity index (χ0) is 12.3. The SMILES string of the molecule is CC(C#N)N(C)c1ccc(S(C)(=O)=O)cc1. The van der Waals surface area contributed by atoms with E-state index in [9.17, 15) is 8.42 Å². The van der Waals surface area contributed by atoms with Crippen molar-refractivity contribution in [1.29, 1.82) is 5.26 Å². The Labute approximate surface area is 96.0 Å². The summed E-state index contributed by atoms with van der Waals surface area (Å²) in [6.07, 6.45) is 1.17. The topological polar surface area (TPSA) is 61.2 Å². The molecule has 0 saturated carbocycles. The maximum Gasteiger partial charge on any atom is 0.175 e. The third-order valence-corrected chi connectivity index (χ3v) is 3.57. The number of hydrogen-bond donors (Lipinski definition) is 0. The van der Waals surface area contributed by atoms with Crippen molar-refractivity contribution < 1.29 is 8.42 Å². The van der Waals surface area contributed by atoms with Gasteiger partial charge in [-0.25, -0.2) is 8.42 Å². The number of rotatable bonds is 3. The third-order valence-electron chi connectivity index (χ3n) is 2.44. The van der Waals surface area contributed by atoms with Gasteiger partial charge >= 0.3 is 0 Å². The van der Waals surface area contributed by atoms with E-state index in [0.717, 1.165) is 5.69 Å². The number of sulfone groups is 1. The van der Waals surface area contributed by atoms with E-state index in [2.05, 4.69) is 6.07 Å². The zero-order valence-corrected chi connectivity index (χ0v) is 10.3. The molecule has 1 aromatic rings. The second-order valence-corrected chi connectivity index (χ2v) is 5.70. The molecular formula is C11H14N2O2S. The molecule has 0 heterocycles. The summed E-state index contributed by atoms with van der Waals surface area (Å²) in [5, 5.41) is 8.76. The van der Waals surface area contributed by atoms with Crippen molar-refractivity contribution >= 4 is 15.5 Å². The fourth-order valence-corrected chi connectivity index (χ4v) is 1.87. The van der Waals surface area contributed by atoms with Crippen LogP contribution < -0.4 is 4.90 Å². The molecule has 0 bridgehead atoms. The van der Waals surface area contributed by atoms with E-state index in [4.69, 9.17) is 5.26 Å². The minimum Gasteiger partial charge on any atom is -0.359 e. The molecule has 1 rings (SSSR count). The Bertz CT molecular complexity index is 500. The quantitative estimate of drug-likeness (QED) is 0.799. The second-order valence-electron chi connectivity index (χ2n) is 3.68. The maximum absolute atomic E-state index is 11.2. The largest absolute Gasteiger partial charge is 0.359 e. The first-order valence-electron chi connectivity index (χ1n) is 4.79. The van der Waals surface area contributed by atoms with Gasteiger partial charge in [0.2, 0.25) is 0 Å². The van der Waals surface area contributed by atoms with Crippen LogP contribution in [0.4, 0.5) is 5.69 Å². The smallest absolute Gasteiger partial charge is 0.175 e. The average molecular weight is 238 g/mol. The van der Waals surface area contributed by atoms with Crippen LogP contribution in [-0.2, 0) is 9.84 Å². The highest BCUT2D eigenvalue weighted by molar-refractivity contribution is 7.90. The number of anilines is 1. The number of benzene rings is 1. The molecule has 0 saturated heterocycles. The van der Waals surface area contributed by atoms with Gasteiger partial charge in [-0.05, 0) is 31.2 Å². The molecule has 0 radical (unpaired) electrons. The second kappa shape index (κ2) is 4.54. The van der Waals surface area contributed by atoms with E-state index in [1.54, 1.807) is 43.1 Å². The van der Waals surface area contributed by atoms with Gasteiger partial charge in [0.05, 0.1) is 11.0 Å². The molecule has 1 unspecified atom stereocenters. The van der Waals surface area contributed by atoms with Crippen molar-refractivity contribution in [3.05, 3.63) is 24.3 Å². The summed E-state index contributed by atoms with van der Waals surface area (Å²) in [6.45, 7) is 1.78. The molecule has 86 valence electrons. The summed E-state index contributed by atoms with van der Waals surface area (Å²) in [5.74, 6) is 0. The summed E-state index contributed by atoms with van der Waals surface area (Å²) in [5.41, 5.74) is 0.821. The van der Waals surface area contributed by atoms with Gasteiger partial charge in [-0.1, -0.05) is 0 Å². The minimum absolute atomic E-state index is 0.246. The number of nitriles is 1. The van der Waals surface area contributed by atoms with E-state index in [1.807, 2.05) is 0 Å². The molecule has 0 aliphatic heterocycles. The molecule has 0 fully saturated rings. The lowest BCUT2D eigenvalue weighted by atomic mass is 10.2. The standard InChI is InChI=1S/C11H14N2O2S/c1-9(8-12)13(2)10-4-6-11(7-5-10)16(3,14)15/h4-7,9H,1-3H3.